The molecule has 2 N–H and O–H groups in total. The number of allylic oxidation sites excluding steroid dienone is 1. The highest BCUT2D eigenvalue weighted by Crippen LogP contribution is 2.73. The molecule has 184 valence electrons. The van der Waals surface area contributed by atoms with Gasteiger partial charge in [0.05, 0.1) is 12.2 Å². The van der Waals surface area contributed by atoms with Gasteiger partial charge in [-0.05, 0) is 91.8 Å². The summed E-state index contributed by atoms with van der Waals surface area (Å²) in [5, 5.41) is 22.3. The van der Waals surface area contributed by atoms with Gasteiger partial charge >= 0.3 is 0 Å². The third-order valence-electron chi connectivity index (χ3n) is 11.4. The first kappa shape index (κ1) is 24.8. The van der Waals surface area contributed by atoms with Crippen LogP contribution in [-0.2, 0) is 0 Å². The van der Waals surface area contributed by atoms with E-state index in [1.807, 2.05) is 0 Å². The van der Waals surface area contributed by atoms with Gasteiger partial charge in [0.2, 0.25) is 0 Å². The number of fused-ring (bicyclic) bond motifs is 5. The van der Waals surface area contributed by atoms with Crippen molar-refractivity contribution in [3.8, 4) is 0 Å². The maximum Gasteiger partial charge on any atom is 0.0641 e. The van der Waals surface area contributed by atoms with Crippen molar-refractivity contribution >= 4 is 0 Å². The Labute approximate surface area is 198 Å². The lowest BCUT2D eigenvalue weighted by Gasteiger charge is -2.63. The van der Waals surface area contributed by atoms with Crippen molar-refractivity contribution in [2.24, 2.45) is 45.8 Å². The van der Waals surface area contributed by atoms with Gasteiger partial charge in [-0.2, -0.15) is 0 Å². The Morgan fingerprint density at radius 2 is 1.78 bits per heavy atom. The van der Waals surface area contributed by atoms with Gasteiger partial charge < -0.3 is 10.2 Å². The summed E-state index contributed by atoms with van der Waals surface area (Å²) in [5.74, 6) is 3.35. The number of hydrogen-bond donors (Lipinski definition) is 2. The molecule has 4 rings (SSSR count). The van der Waals surface area contributed by atoms with Gasteiger partial charge in [0.1, 0.15) is 0 Å². The predicted octanol–water partition coefficient (Wildman–Crippen LogP) is 7.53. The van der Waals surface area contributed by atoms with E-state index in [1.54, 1.807) is 5.57 Å². The van der Waals surface area contributed by atoms with Crippen LogP contribution in [0.25, 0.3) is 0 Å². The minimum Gasteiger partial charge on any atom is -0.393 e. The first-order valence-corrected chi connectivity index (χ1v) is 14.2. The van der Waals surface area contributed by atoms with Crippen LogP contribution in [0, 0.1) is 45.8 Å². The fourth-order valence-corrected chi connectivity index (χ4v) is 9.65. The van der Waals surface area contributed by atoms with E-state index in [0.29, 0.717) is 29.1 Å². The maximum absolute atomic E-state index is 11.9. The molecule has 0 aromatic carbocycles. The summed E-state index contributed by atoms with van der Waals surface area (Å²) in [5.41, 5.74) is 2.17. The Hall–Kier alpha value is -0.340. The molecule has 0 radical (unpaired) electrons. The molecule has 2 heteroatoms. The van der Waals surface area contributed by atoms with Crippen LogP contribution in [-0.4, -0.2) is 22.4 Å². The monoisotopic (exact) mass is 444 g/mol. The molecule has 0 amide bonds. The highest BCUT2D eigenvalue weighted by atomic mass is 16.3. The Balaban J connectivity index is 1.67. The minimum atomic E-state index is -0.187. The third-order valence-corrected chi connectivity index (χ3v) is 11.4. The minimum absolute atomic E-state index is 0.0221. The molecule has 3 fully saturated rings. The summed E-state index contributed by atoms with van der Waals surface area (Å²) in [6.07, 6.45) is 16.4. The average Bonchev–Trinajstić information content (AvgIpc) is 2.96. The molecule has 3 saturated carbocycles. The van der Waals surface area contributed by atoms with E-state index < -0.39 is 0 Å². The molecule has 4 aliphatic carbocycles. The van der Waals surface area contributed by atoms with Crippen molar-refractivity contribution in [3.05, 3.63) is 11.6 Å². The molecule has 0 bridgehead atoms. The molecule has 0 spiro atoms. The zero-order chi connectivity index (χ0) is 23.3. The molecule has 32 heavy (non-hydrogen) atoms. The van der Waals surface area contributed by atoms with Gasteiger partial charge in [0, 0.05) is 5.41 Å². The largest absolute Gasteiger partial charge is 0.393 e. The first-order valence-electron chi connectivity index (χ1n) is 14.2. The lowest BCUT2D eigenvalue weighted by molar-refractivity contribution is -0.0928. The molecule has 4 aliphatic rings. The zero-order valence-electron chi connectivity index (χ0n) is 22.0. The summed E-state index contributed by atoms with van der Waals surface area (Å²) in [7, 11) is 0. The molecule has 0 unspecified atom stereocenters. The predicted molar refractivity (Wildman–Crippen MR) is 134 cm³/mol. The molecule has 2 nitrogen and oxygen atoms in total. The Morgan fingerprint density at radius 3 is 2.47 bits per heavy atom. The number of rotatable bonds is 7. The van der Waals surface area contributed by atoms with Crippen LogP contribution in [0.3, 0.4) is 0 Å². The van der Waals surface area contributed by atoms with Crippen molar-refractivity contribution in [1.29, 1.82) is 0 Å². The standard InChI is InChI=1S/C30H52O2/c1-7-15-30-25-12-11-22-18-23(31)13-16-28(22,5)24(25)14-17-29(30,6)26(19-27(30)32)21(4)10-8-9-20(2)3/h12,20-24,26-27,31-32H,7-11,13-19H2,1-6H3/t21-,22+,23+,24+,26-,27-,28+,29-,30-/m1/s1. The Kier molecular flexibility index (Phi) is 6.99. The van der Waals surface area contributed by atoms with Crippen LogP contribution in [0.15, 0.2) is 11.6 Å². The smallest absolute Gasteiger partial charge is 0.0641 e. The van der Waals surface area contributed by atoms with Gasteiger partial charge in [0.25, 0.3) is 0 Å². The van der Waals surface area contributed by atoms with Crippen molar-refractivity contribution < 1.29 is 10.2 Å². The second kappa shape index (κ2) is 9.03. The molecule has 0 aromatic rings. The Bertz CT molecular complexity index is 697. The summed E-state index contributed by atoms with van der Waals surface area (Å²) < 4.78 is 0. The first-order chi connectivity index (χ1) is 15.1. The van der Waals surface area contributed by atoms with Gasteiger partial charge in [-0.1, -0.05) is 78.9 Å². The van der Waals surface area contributed by atoms with Crippen molar-refractivity contribution in [2.75, 3.05) is 0 Å². The second-order valence-electron chi connectivity index (χ2n) is 13.4. The van der Waals surface area contributed by atoms with Gasteiger partial charge in [0.15, 0.2) is 0 Å². The van der Waals surface area contributed by atoms with Gasteiger partial charge in [-0.25, -0.2) is 0 Å². The molecule has 0 aliphatic heterocycles. The topological polar surface area (TPSA) is 40.5 Å². The number of aliphatic hydroxyl groups is 2. The average molecular weight is 445 g/mol. The summed E-state index contributed by atoms with van der Waals surface area (Å²) in [6.45, 7) is 14.6. The van der Waals surface area contributed by atoms with E-state index in [9.17, 15) is 10.2 Å². The van der Waals surface area contributed by atoms with Crippen LogP contribution in [0.4, 0.5) is 0 Å². The lowest BCUT2D eigenvalue weighted by atomic mass is 9.42. The van der Waals surface area contributed by atoms with E-state index >= 15 is 0 Å². The molecule has 9 atom stereocenters. The molecule has 0 saturated heterocycles. The van der Waals surface area contributed by atoms with E-state index in [2.05, 4.69) is 47.6 Å². The summed E-state index contributed by atoms with van der Waals surface area (Å²) in [6, 6.07) is 0. The fourth-order valence-electron chi connectivity index (χ4n) is 9.65. The van der Waals surface area contributed by atoms with E-state index in [1.165, 1.54) is 32.1 Å². The van der Waals surface area contributed by atoms with Crippen LogP contribution in [0.2, 0.25) is 0 Å². The maximum atomic E-state index is 11.9. The normalized spacial score (nSPS) is 46.9. The van der Waals surface area contributed by atoms with Gasteiger partial charge in [-0.15, -0.1) is 0 Å². The zero-order valence-corrected chi connectivity index (χ0v) is 22.0. The highest BCUT2D eigenvalue weighted by Gasteiger charge is 2.68. The fraction of sp³-hybridized carbons (Fsp3) is 0.933. The molecular formula is C30H52O2. The quantitative estimate of drug-likeness (QED) is 0.398. The van der Waals surface area contributed by atoms with Crippen molar-refractivity contribution in [1.82, 2.24) is 0 Å². The lowest BCUT2D eigenvalue weighted by Crippen LogP contribution is -2.56. The van der Waals surface area contributed by atoms with Gasteiger partial charge in [-0.3, -0.25) is 0 Å². The highest BCUT2D eigenvalue weighted by molar-refractivity contribution is 5.35. The SMILES string of the molecule is CCC[C@]12C3=CC[C@H]4C[C@@H](O)CC[C@]4(C)[C@H]3CC[C@]1(C)[C@@H]([C@H](C)CCCC(C)C)C[C@H]2O. The van der Waals surface area contributed by atoms with E-state index in [-0.39, 0.29) is 23.0 Å². The molecular weight excluding hydrogens is 392 g/mol. The van der Waals surface area contributed by atoms with Crippen LogP contribution in [0.5, 0.6) is 0 Å². The number of aliphatic hydroxyl groups excluding tert-OH is 2. The van der Waals surface area contributed by atoms with E-state index in [0.717, 1.165) is 50.9 Å². The Morgan fingerprint density at radius 1 is 1.03 bits per heavy atom. The van der Waals surface area contributed by atoms with Crippen LogP contribution >= 0.6 is 0 Å². The number of hydrogen-bond acceptors (Lipinski definition) is 2. The van der Waals surface area contributed by atoms with E-state index in [4.69, 9.17) is 0 Å². The molecule has 0 heterocycles. The molecule has 0 aromatic heterocycles. The van der Waals surface area contributed by atoms with Crippen molar-refractivity contribution in [3.63, 3.8) is 0 Å². The summed E-state index contributed by atoms with van der Waals surface area (Å²) >= 11 is 0. The van der Waals surface area contributed by atoms with Crippen LogP contribution < -0.4 is 0 Å². The van der Waals surface area contributed by atoms with Crippen LogP contribution in [0.1, 0.15) is 119 Å². The second-order valence-corrected chi connectivity index (χ2v) is 13.4. The third kappa shape index (κ3) is 3.65. The summed E-state index contributed by atoms with van der Waals surface area (Å²) in [4.78, 5) is 0. The van der Waals surface area contributed by atoms with Crippen molar-refractivity contribution in [2.45, 2.75) is 131 Å².